The Kier molecular flexibility index (Phi) is 6.26. The molecule has 2 nitrogen and oxygen atoms in total. The van der Waals surface area contributed by atoms with Crippen LogP contribution in [-0.2, 0) is 4.79 Å². The van der Waals surface area contributed by atoms with Crippen LogP contribution in [-0.4, -0.2) is 24.9 Å². The van der Waals surface area contributed by atoms with Crippen molar-refractivity contribution in [3.05, 3.63) is 11.6 Å². The molecule has 2 heteroatoms. The van der Waals surface area contributed by atoms with Crippen LogP contribution in [0.1, 0.15) is 40.0 Å². The van der Waals surface area contributed by atoms with Gasteiger partial charge in [0.2, 0.25) is 5.91 Å². The van der Waals surface area contributed by atoms with E-state index in [1.165, 1.54) is 5.57 Å². The molecule has 0 aromatic carbocycles. The summed E-state index contributed by atoms with van der Waals surface area (Å²) in [4.78, 5) is 13.0. The smallest absolute Gasteiger partial charge is 0.222 e. The maximum atomic E-state index is 11.4. The van der Waals surface area contributed by atoms with Crippen LogP contribution in [0.15, 0.2) is 11.6 Å². The van der Waals surface area contributed by atoms with Gasteiger partial charge in [0.05, 0.1) is 0 Å². The zero-order chi connectivity index (χ0) is 11.1. The van der Waals surface area contributed by atoms with E-state index in [2.05, 4.69) is 26.8 Å². The Morgan fingerprint density at radius 1 is 1.36 bits per heavy atom. The highest BCUT2D eigenvalue weighted by Gasteiger charge is 2.09. The van der Waals surface area contributed by atoms with E-state index < -0.39 is 0 Å². The first-order valence-electron chi connectivity index (χ1n) is 5.27. The second-order valence-electron chi connectivity index (χ2n) is 4.46. The van der Waals surface area contributed by atoms with Crippen molar-refractivity contribution in [2.24, 2.45) is 5.92 Å². The Morgan fingerprint density at radius 3 is 2.36 bits per heavy atom. The van der Waals surface area contributed by atoms with Crippen molar-refractivity contribution in [2.75, 3.05) is 14.1 Å². The van der Waals surface area contributed by atoms with E-state index >= 15 is 0 Å². The first-order valence-corrected chi connectivity index (χ1v) is 5.27. The molecule has 0 radical (unpaired) electrons. The van der Waals surface area contributed by atoms with Crippen molar-refractivity contribution in [2.45, 2.75) is 40.0 Å². The van der Waals surface area contributed by atoms with E-state index in [9.17, 15) is 4.79 Å². The van der Waals surface area contributed by atoms with E-state index in [4.69, 9.17) is 0 Å². The summed E-state index contributed by atoms with van der Waals surface area (Å²) in [6, 6.07) is 0. The zero-order valence-corrected chi connectivity index (χ0v) is 10.1. The Hall–Kier alpha value is -0.790. The number of allylic oxidation sites excluding steroid dienone is 2. The first-order chi connectivity index (χ1) is 6.43. The van der Waals surface area contributed by atoms with Crippen LogP contribution >= 0.6 is 0 Å². The molecule has 0 aromatic rings. The van der Waals surface area contributed by atoms with E-state index in [0.717, 1.165) is 12.8 Å². The molecule has 0 spiro atoms. The molecule has 0 saturated carbocycles. The first kappa shape index (κ1) is 13.2. The topological polar surface area (TPSA) is 20.3 Å². The molecule has 14 heavy (non-hydrogen) atoms. The summed E-state index contributed by atoms with van der Waals surface area (Å²) >= 11 is 0. The molecular formula is C12H23NO. The van der Waals surface area contributed by atoms with Gasteiger partial charge in [0, 0.05) is 20.5 Å². The second-order valence-corrected chi connectivity index (χ2v) is 4.46. The van der Waals surface area contributed by atoms with Crippen LogP contribution in [0.2, 0.25) is 0 Å². The zero-order valence-electron chi connectivity index (χ0n) is 10.1. The van der Waals surface area contributed by atoms with Crippen molar-refractivity contribution in [1.82, 2.24) is 4.90 Å². The number of carbonyl (C=O) groups is 1. The normalized spacial score (nSPS) is 12.1. The summed E-state index contributed by atoms with van der Waals surface area (Å²) in [5.74, 6) is 0.718. The maximum absolute atomic E-state index is 11.4. The van der Waals surface area contributed by atoms with Crippen LogP contribution in [0.5, 0.6) is 0 Å². The minimum absolute atomic E-state index is 0.231. The molecule has 0 fully saturated rings. The highest BCUT2D eigenvalue weighted by Crippen LogP contribution is 2.12. The Morgan fingerprint density at radius 2 is 1.93 bits per heavy atom. The van der Waals surface area contributed by atoms with Gasteiger partial charge in [0.1, 0.15) is 0 Å². The minimum atomic E-state index is 0.231. The Bertz CT molecular complexity index is 202. The van der Waals surface area contributed by atoms with Crippen molar-refractivity contribution in [3.8, 4) is 0 Å². The summed E-state index contributed by atoms with van der Waals surface area (Å²) in [5, 5.41) is 0. The molecule has 82 valence electrons. The van der Waals surface area contributed by atoms with Crippen LogP contribution in [0.25, 0.3) is 0 Å². The average Bonchev–Trinajstić information content (AvgIpc) is 2.02. The van der Waals surface area contributed by atoms with Gasteiger partial charge in [-0.3, -0.25) is 4.79 Å². The molecule has 0 bridgehead atoms. The summed E-state index contributed by atoms with van der Waals surface area (Å²) in [7, 11) is 3.62. The van der Waals surface area contributed by atoms with Crippen molar-refractivity contribution in [3.63, 3.8) is 0 Å². The molecule has 0 saturated heterocycles. The van der Waals surface area contributed by atoms with Crippen molar-refractivity contribution < 1.29 is 4.79 Å². The molecule has 0 N–H and O–H groups in total. The monoisotopic (exact) mass is 197 g/mol. The Balaban J connectivity index is 3.71. The summed E-state index contributed by atoms with van der Waals surface area (Å²) in [6.45, 7) is 6.35. The third kappa shape index (κ3) is 6.70. The highest BCUT2D eigenvalue weighted by atomic mass is 16.2. The van der Waals surface area contributed by atoms with Gasteiger partial charge in [-0.1, -0.05) is 18.6 Å². The fourth-order valence-corrected chi connectivity index (χ4v) is 1.24. The highest BCUT2D eigenvalue weighted by molar-refractivity contribution is 5.75. The molecule has 0 rings (SSSR count). The quantitative estimate of drug-likeness (QED) is 0.621. The fraction of sp³-hybridized carbons (Fsp3) is 0.750. The Labute approximate surface area is 88.0 Å². The largest absolute Gasteiger partial charge is 0.349 e. The van der Waals surface area contributed by atoms with Gasteiger partial charge in [0.15, 0.2) is 0 Å². The number of hydrogen-bond acceptors (Lipinski definition) is 1. The maximum Gasteiger partial charge on any atom is 0.222 e. The van der Waals surface area contributed by atoms with E-state index in [1.807, 2.05) is 14.1 Å². The number of nitrogens with zero attached hydrogens (tertiary/aromatic N) is 1. The molecule has 0 unspecified atom stereocenters. The van der Waals surface area contributed by atoms with Crippen LogP contribution < -0.4 is 0 Å². The van der Waals surface area contributed by atoms with Crippen molar-refractivity contribution >= 4 is 5.91 Å². The number of rotatable bonds is 5. The van der Waals surface area contributed by atoms with Gasteiger partial charge < -0.3 is 4.90 Å². The molecule has 1 amide bonds. The predicted molar refractivity (Wildman–Crippen MR) is 61.1 cm³/mol. The number of carbonyl (C=O) groups excluding carboxylic acids is 1. The SMILES string of the molecule is CC(C)=CCC[C@@H](C)CC(=O)N(C)C. The standard InChI is InChI=1S/C12H23NO/c1-10(2)7-6-8-11(3)9-12(14)13(4)5/h7,11H,6,8-9H2,1-5H3/t11-/m1/s1. The molecular weight excluding hydrogens is 174 g/mol. The lowest BCUT2D eigenvalue weighted by molar-refractivity contribution is -0.129. The molecule has 0 aliphatic rings. The van der Waals surface area contributed by atoms with E-state index in [-0.39, 0.29) is 5.91 Å². The summed E-state index contributed by atoms with van der Waals surface area (Å²) in [6.07, 6.45) is 5.09. The average molecular weight is 197 g/mol. The molecule has 0 heterocycles. The number of amides is 1. The summed E-state index contributed by atoms with van der Waals surface area (Å²) < 4.78 is 0. The van der Waals surface area contributed by atoms with Crippen LogP contribution in [0.3, 0.4) is 0 Å². The fourth-order valence-electron chi connectivity index (χ4n) is 1.24. The van der Waals surface area contributed by atoms with Gasteiger partial charge in [-0.05, 0) is 32.6 Å². The second kappa shape index (κ2) is 6.63. The van der Waals surface area contributed by atoms with Gasteiger partial charge in [-0.15, -0.1) is 0 Å². The lowest BCUT2D eigenvalue weighted by Gasteiger charge is -2.14. The summed E-state index contributed by atoms with van der Waals surface area (Å²) in [5.41, 5.74) is 1.36. The number of hydrogen-bond donors (Lipinski definition) is 0. The lowest BCUT2D eigenvalue weighted by Crippen LogP contribution is -2.23. The minimum Gasteiger partial charge on any atom is -0.349 e. The van der Waals surface area contributed by atoms with E-state index in [0.29, 0.717) is 12.3 Å². The molecule has 0 aliphatic carbocycles. The van der Waals surface area contributed by atoms with E-state index in [1.54, 1.807) is 4.90 Å². The van der Waals surface area contributed by atoms with Gasteiger partial charge in [0.25, 0.3) is 0 Å². The molecule has 0 aromatic heterocycles. The lowest BCUT2D eigenvalue weighted by atomic mass is 10.0. The van der Waals surface area contributed by atoms with Gasteiger partial charge in [-0.25, -0.2) is 0 Å². The molecule has 1 atom stereocenters. The van der Waals surface area contributed by atoms with Gasteiger partial charge >= 0.3 is 0 Å². The third-order valence-corrected chi connectivity index (χ3v) is 2.23. The predicted octanol–water partition coefficient (Wildman–Crippen LogP) is 2.85. The third-order valence-electron chi connectivity index (χ3n) is 2.23. The van der Waals surface area contributed by atoms with Gasteiger partial charge in [-0.2, -0.15) is 0 Å². The van der Waals surface area contributed by atoms with Crippen molar-refractivity contribution in [1.29, 1.82) is 0 Å². The molecule has 0 aliphatic heterocycles. The van der Waals surface area contributed by atoms with Crippen LogP contribution in [0.4, 0.5) is 0 Å². The van der Waals surface area contributed by atoms with Crippen LogP contribution in [0, 0.1) is 5.92 Å².